The topological polar surface area (TPSA) is 50.1 Å². The lowest BCUT2D eigenvalue weighted by atomic mass is 10.0. The molecule has 2 unspecified atom stereocenters. The summed E-state index contributed by atoms with van der Waals surface area (Å²) in [5, 5.41) is 8.69. The zero-order valence-electron chi connectivity index (χ0n) is 14.6. The zero-order valence-corrected chi connectivity index (χ0v) is 14.6. The van der Waals surface area contributed by atoms with Gasteiger partial charge in [0, 0.05) is 18.9 Å². The monoisotopic (exact) mass is 333 g/mol. The minimum Gasteiger partial charge on any atom is -0.465 e. The molecule has 128 valence electrons. The molecule has 0 spiro atoms. The van der Waals surface area contributed by atoms with Crippen LogP contribution < -0.4 is 0 Å². The summed E-state index contributed by atoms with van der Waals surface area (Å²) >= 11 is 0. The molecule has 1 aromatic rings. The van der Waals surface area contributed by atoms with Crippen LogP contribution in [0.4, 0.5) is 0 Å². The number of fused-ring (bicyclic) bond motifs is 1. The number of benzene rings is 1. The quantitative estimate of drug-likeness (QED) is 0.462. The first-order chi connectivity index (χ1) is 12.2. The highest BCUT2D eigenvalue weighted by Gasteiger charge is 2.49. The van der Waals surface area contributed by atoms with E-state index in [1.54, 1.807) is 0 Å². The number of carbonyl (C=O) groups excluding carboxylic acids is 1. The van der Waals surface area contributed by atoms with Gasteiger partial charge in [-0.3, -0.25) is 4.79 Å². The first-order valence-electron chi connectivity index (χ1n) is 8.96. The average Bonchev–Trinajstić information content (AvgIpc) is 3.23. The Labute approximate surface area is 149 Å². The molecule has 0 radical (unpaired) electrons. The van der Waals surface area contributed by atoms with E-state index in [0.717, 1.165) is 42.4 Å². The Balaban J connectivity index is 1.46. The zero-order chi connectivity index (χ0) is 17.6. The molecule has 1 fully saturated rings. The van der Waals surface area contributed by atoms with Gasteiger partial charge in [0.05, 0.1) is 19.1 Å². The summed E-state index contributed by atoms with van der Waals surface area (Å²) in [4.78, 5) is 12.1. The van der Waals surface area contributed by atoms with Gasteiger partial charge in [-0.1, -0.05) is 24.3 Å². The number of rotatable bonds is 5. The maximum absolute atomic E-state index is 12.1. The summed E-state index contributed by atoms with van der Waals surface area (Å²) < 4.78 is 5.53. The van der Waals surface area contributed by atoms with Crippen molar-refractivity contribution in [3.63, 3.8) is 0 Å². The van der Waals surface area contributed by atoms with Crippen molar-refractivity contribution in [2.24, 2.45) is 17.8 Å². The van der Waals surface area contributed by atoms with E-state index in [4.69, 9.17) is 10.00 Å². The number of ether oxygens (including phenoxy) is 1. The molecule has 0 aliphatic heterocycles. The molecule has 3 nitrogen and oxygen atoms in total. The predicted molar refractivity (Wildman–Crippen MR) is 97.1 cm³/mol. The highest BCUT2D eigenvalue weighted by Crippen LogP contribution is 2.52. The van der Waals surface area contributed by atoms with Crippen molar-refractivity contribution in [2.45, 2.75) is 39.0 Å². The Hall–Kier alpha value is -2.52. The summed E-state index contributed by atoms with van der Waals surface area (Å²) in [6.07, 6.45) is 6.09. The molecule has 0 bridgehead atoms. The molecule has 0 N–H and O–H groups in total. The van der Waals surface area contributed by atoms with Gasteiger partial charge >= 0.3 is 5.97 Å². The lowest BCUT2D eigenvalue weighted by Crippen LogP contribution is -2.11. The van der Waals surface area contributed by atoms with Crippen molar-refractivity contribution in [3.8, 4) is 17.9 Å². The molecule has 3 heteroatoms. The highest BCUT2D eigenvalue weighted by molar-refractivity contribution is 5.73. The third-order valence-corrected chi connectivity index (χ3v) is 5.31. The molecule has 1 saturated carbocycles. The molecule has 0 saturated heterocycles. The highest BCUT2D eigenvalue weighted by atomic mass is 16.5. The van der Waals surface area contributed by atoms with E-state index in [9.17, 15) is 4.79 Å². The van der Waals surface area contributed by atoms with E-state index < -0.39 is 0 Å². The van der Waals surface area contributed by atoms with E-state index in [0.29, 0.717) is 30.8 Å². The van der Waals surface area contributed by atoms with Crippen LogP contribution in [0.15, 0.2) is 30.3 Å². The molecular weight excluding hydrogens is 310 g/mol. The number of hydrogen-bond acceptors (Lipinski definition) is 3. The van der Waals surface area contributed by atoms with Crippen LogP contribution in [0.25, 0.3) is 5.57 Å². The second-order valence-corrected chi connectivity index (χ2v) is 6.94. The summed E-state index contributed by atoms with van der Waals surface area (Å²) in [7, 11) is 0. The molecule has 2 aliphatic carbocycles. The third-order valence-electron chi connectivity index (χ3n) is 5.31. The minimum atomic E-state index is -0.160. The fourth-order valence-electron chi connectivity index (χ4n) is 3.75. The first kappa shape index (κ1) is 17.3. The van der Waals surface area contributed by atoms with Crippen molar-refractivity contribution in [2.75, 3.05) is 6.61 Å². The van der Waals surface area contributed by atoms with E-state index in [-0.39, 0.29) is 5.97 Å². The third kappa shape index (κ3) is 4.52. The van der Waals surface area contributed by atoms with Crippen LogP contribution in [-0.4, -0.2) is 12.6 Å². The molecular formula is C22H23NO2. The molecule has 0 amide bonds. The van der Waals surface area contributed by atoms with Gasteiger partial charge in [-0.05, 0) is 54.2 Å². The normalized spacial score (nSPS) is 24.6. The molecule has 3 rings (SSSR count). The Bertz CT molecular complexity index is 740. The average molecular weight is 333 g/mol. The van der Waals surface area contributed by atoms with Crippen molar-refractivity contribution in [3.05, 3.63) is 41.5 Å². The van der Waals surface area contributed by atoms with Crippen LogP contribution in [0, 0.1) is 40.9 Å². The second kappa shape index (κ2) is 8.04. The van der Waals surface area contributed by atoms with Crippen molar-refractivity contribution < 1.29 is 9.53 Å². The van der Waals surface area contributed by atoms with Crippen molar-refractivity contribution >= 4 is 11.5 Å². The van der Waals surface area contributed by atoms with Gasteiger partial charge in [-0.25, -0.2) is 0 Å². The lowest BCUT2D eigenvalue weighted by Gasteiger charge is -2.06. The van der Waals surface area contributed by atoms with Gasteiger partial charge in [0.15, 0.2) is 0 Å². The van der Waals surface area contributed by atoms with Gasteiger partial charge in [0.25, 0.3) is 0 Å². The summed E-state index contributed by atoms with van der Waals surface area (Å²) in [5.41, 5.74) is 2.85. The number of allylic oxidation sites excluding steroid dienone is 2. The number of hydrogen-bond donors (Lipinski definition) is 0. The standard InChI is InChI=1S/C22H23NO2/c1-16(12-13-23)18-10-8-17(9-11-18)14-22(24)25-15-21-19-6-4-2-3-5-7-20(19)21/h8-12,19-21H,4-7,14-15H2,1H3/b16-12+. The van der Waals surface area contributed by atoms with E-state index in [2.05, 4.69) is 11.8 Å². The minimum absolute atomic E-state index is 0.160. The van der Waals surface area contributed by atoms with Crippen LogP contribution in [0.5, 0.6) is 0 Å². The predicted octanol–water partition coefficient (Wildman–Crippen LogP) is 4.14. The van der Waals surface area contributed by atoms with Crippen LogP contribution in [0.1, 0.15) is 43.7 Å². The Kier molecular flexibility index (Phi) is 5.56. The Morgan fingerprint density at radius 2 is 1.88 bits per heavy atom. The Morgan fingerprint density at radius 3 is 2.48 bits per heavy atom. The Morgan fingerprint density at radius 1 is 1.24 bits per heavy atom. The number of nitrogens with zero attached hydrogens (tertiary/aromatic N) is 1. The summed E-state index contributed by atoms with van der Waals surface area (Å²) in [6.45, 7) is 2.45. The molecule has 0 heterocycles. The van der Waals surface area contributed by atoms with Gasteiger partial charge in [0.1, 0.15) is 0 Å². The fraction of sp³-hybridized carbons (Fsp3) is 0.455. The maximum atomic E-state index is 12.1. The molecule has 0 aromatic heterocycles. The van der Waals surface area contributed by atoms with E-state index in [1.807, 2.05) is 37.3 Å². The van der Waals surface area contributed by atoms with Crippen LogP contribution in [0.3, 0.4) is 0 Å². The molecule has 25 heavy (non-hydrogen) atoms. The smallest absolute Gasteiger partial charge is 0.310 e. The number of nitriles is 1. The summed E-state index contributed by atoms with van der Waals surface area (Å²) in [5.74, 6) is 8.19. The van der Waals surface area contributed by atoms with Gasteiger partial charge < -0.3 is 4.74 Å². The van der Waals surface area contributed by atoms with Crippen LogP contribution in [-0.2, 0) is 16.0 Å². The maximum Gasteiger partial charge on any atom is 0.310 e. The molecule has 2 aliphatic rings. The summed E-state index contributed by atoms with van der Waals surface area (Å²) in [6, 6.07) is 9.76. The van der Waals surface area contributed by atoms with Gasteiger partial charge in [0.2, 0.25) is 0 Å². The fourth-order valence-corrected chi connectivity index (χ4v) is 3.75. The SMILES string of the molecule is C/C(=C\C#N)c1ccc(CC(=O)OCC2C3CCC#CCCC32)cc1. The number of esters is 1. The van der Waals surface area contributed by atoms with Gasteiger partial charge in [-0.15, -0.1) is 11.8 Å². The lowest BCUT2D eigenvalue weighted by molar-refractivity contribution is -0.143. The van der Waals surface area contributed by atoms with E-state index in [1.165, 1.54) is 6.08 Å². The first-order valence-corrected chi connectivity index (χ1v) is 8.96. The van der Waals surface area contributed by atoms with Gasteiger partial charge in [-0.2, -0.15) is 5.26 Å². The van der Waals surface area contributed by atoms with E-state index >= 15 is 0 Å². The van der Waals surface area contributed by atoms with Crippen LogP contribution in [0.2, 0.25) is 0 Å². The number of carbonyl (C=O) groups is 1. The van der Waals surface area contributed by atoms with Crippen molar-refractivity contribution in [1.82, 2.24) is 0 Å². The second-order valence-electron chi connectivity index (χ2n) is 6.94. The van der Waals surface area contributed by atoms with Crippen LogP contribution >= 0.6 is 0 Å². The molecule has 2 atom stereocenters. The molecule has 1 aromatic carbocycles. The largest absolute Gasteiger partial charge is 0.465 e. The van der Waals surface area contributed by atoms with Crippen molar-refractivity contribution in [1.29, 1.82) is 5.26 Å².